The van der Waals surface area contributed by atoms with Crippen LogP contribution in [0.3, 0.4) is 0 Å². The van der Waals surface area contributed by atoms with E-state index in [0.717, 1.165) is 4.47 Å². The van der Waals surface area contributed by atoms with Crippen LogP contribution in [0.25, 0.3) is 0 Å². The third-order valence-corrected chi connectivity index (χ3v) is 2.41. The van der Waals surface area contributed by atoms with Crippen molar-refractivity contribution in [3.8, 4) is 5.75 Å². The van der Waals surface area contributed by atoms with Crippen molar-refractivity contribution in [2.45, 2.75) is 19.9 Å². The van der Waals surface area contributed by atoms with E-state index < -0.39 is 6.04 Å². The Morgan fingerprint density at radius 2 is 2.24 bits per heavy atom. The molecule has 0 aliphatic carbocycles. The standard InChI is InChI=1S/C11H15BrN2O2.ClH/c1-3-16-10-5-4-8(12)6-9(10)14-11(15)7(2)13;/h4-7H,3,13H2,1-2H3,(H,14,15);1H/t7-;/m0./s1. The molecule has 6 heteroatoms. The van der Waals surface area contributed by atoms with Gasteiger partial charge in [-0.2, -0.15) is 0 Å². The maximum Gasteiger partial charge on any atom is 0.241 e. The van der Waals surface area contributed by atoms with Crippen LogP contribution in [0.2, 0.25) is 0 Å². The van der Waals surface area contributed by atoms with Crippen molar-refractivity contribution in [2.24, 2.45) is 5.73 Å². The Bertz CT molecular complexity index is 386. The van der Waals surface area contributed by atoms with Gasteiger partial charge in [-0.1, -0.05) is 15.9 Å². The number of halogens is 2. The number of carbonyl (C=O) groups excluding carboxylic acids is 1. The molecule has 4 nitrogen and oxygen atoms in total. The summed E-state index contributed by atoms with van der Waals surface area (Å²) in [6.07, 6.45) is 0. The minimum Gasteiger partial charge on any atom is -0.492 e. The summed E-state index contributed by atoms with van der Waals surface area (Å²) in [5, 5.41) is 2.72. The van der Waals surface area contributed by atoms with Crippen molar-refractivity contribution < 1.29 is 9.53 Å². The van der Waals surface area contributed by atoms with E-state index in [-0.39, 0.29) is 18.3 Å². The highest BCUT2D eigenvalue weighted by molar-refractivity contribution is 9.10. The molecule has 3 N–H and O–H groups in total. The minimum atomic E-state index is -0.548. The zero-order valence-electron chi connectivity index (χ0n) is 9.70. The molecule has 1 rings (SSSR count). The molecule has 17 heavy (non-hydrogen) atoms. The molecule has 1 aromatic carbocycles. The zero-order chi connectivity index (χ0) is 12.1. The molecule has 0 aromatic heterocycles. The average Bonchev–Trinajstić information content (AvgIpc) is 2.22. The van der Waals surface area contributed by atoms with Gasteiger partial charge in [0.15, 0.2) is 0 Å². The summed E-state index contributed by atoms with van der Waals surface area (Å²) in [4.78, 5) is 11.5. The van der Waals surface area contributed by atoms with Crippen molar-refractivity contribution in [2.75, 3.05) is 11.9 Å². The lowest BCUT2D eigenvalue weighted by atomic mass is 10.2. The number of carbonyl (C=O) groups is 1. The van der Waals surface area contributed by atoms with E-state index in [1.807, 2.05) is 13.0 Å². The van der Waals surface area contributed by atoms with Crippen LogP contribution in [0.1, 0.15) is 13.8 Å². The molecule has 0 bridgehead atoms. The summed E-state index contributed by atoms with van der Waals surface area (Å²) in [6.45, 7) is 4.07. The lowest BCUT2D eigenvalue weighted by Gasteiger charge is -2.13. The molecule has 1 atom stereocenters. The van der Waals surface area contributed by atoms with Crippen molar-refractivity contribution in [1.29, 1.82) is 0 Å². The van der Waals surface area contributed by atoms with Crippen LogP contribution in [-0.2, 0) is 4.79 Å². The maximum atomic E-state index is 11.5. The summed E-state index contributed by atoms with van der Waals surface area (Å²) < 4.78 is 6.27. The number of nitrogens with one attached hydrogen (secondary N) is 1. The SMILES string of the molecule is CCOc1ccc(Br)cc1NC(=O)[C@H](C)N.Cl. The highest BCUT2D eigenvalue weighted by Gasteiger charge is 2.11. The molecule has 0 fully saturated rings. The molecule has 0 aliphatic heterocycles. The second-order valence-corrected chi connectivity index (χ2v) is 4.27. The number of hydrogen-bond acceptors (Lipinski definition) is 3. The second-order valence-electron chi connectivity index (χ2n) is 3.35. The Hall–Kier alpha value is -0.780. The fourth-order valence-corrected chi connectivity index (χ4v) is 1.49. The normalized spacial score (nSPS) is 11.3. The summed E-state index contributed by atoms with van der Waals surface area (Å²) in [5.41, 5.74) is 6.10. The second kappa shape index (κ2) is 7.53. The first-order valence-corrected chi connectivity index (χ1v) is 5.82. The molecule has 96 valence electrons. The molecule has 1 aromatic rings. The predicted octanol–water partition coefficient (Wildman–Crippen LogP) is 2.56. The van der Waals surface area contributed by atoms with Gasteiger partial charge in [-0.25, -0.2) is 0 Å². The van der Waals surface area contributed by atoms with Gasteiger partial charge >= 0.3 is 0 Å². The van der Waals surface area contributed by atoms with Crippen LogP contribution < -0.4 is 15.8 Å². The van der Waals surface area contributed by atoms with Crippen LogP contribution in [-0.4, -0.2) is 18.6 Å². The number of rotatable bonds is 4. The molecule has 1 amide bonds. The molecule has 0 aliphatic rings. The van der Waals surface area contributed by atoms with E-state index in [1.54, 1.807) is 19.1 Å². The van der Waals surface area contributed by atoms with Crippen molar-refractivity contribution >= 4 is 39.9 Å². The van der Waals surface area contributed by atoms with Gasteiger partial charge in [-0.15, -0.1) is 12.4 Å². The lowest BCUT2D eigenvalue weighted by molar-refractivity contribution is -0.117. The van der Waals surface area contributed by atoms with E-state index in [2.05, 4.69) is 21.2 Å². The molecule has 0 spiro atoms. The molecule has 0 heterocycles. The smallest absolute Gasteiger partial charge is 0.241 e. The molecule has 0 saturated heterocycles. The molecular formula is C11H16BrClN2O2. The Labute approximate surface area is 115 Å². The van der Waals surface area contributed by atoms with Gasteiger partial charge in [-0.05, 0) is 32.0 Å². The first-order valence-electron chi connectivity index (χ1n) is 5.03. The van der Waals surface area contributed by atoms with Crippen molar-refractivity contribution in [1.82, 2.24) is 0 Å². The Morgan fingerprint density at radius 3 is 2.76 bits per heavy atom. The Kier molecular flexibility index (Phi) is 7.18. The number of nitrogens with two attached hydrogens (primary N) is 1. The first-order chi connectivity index (χ1) is 7.54. The van der Waals surface area contributed by atoms with Gasteiger partial charge in [-0.3, -0.25) is 4.79 Å². The van der Waals surface area contributed by atoms with Gasteiger partial charge in [0.2, 0.25) is 5.91 Å². The Morgan fingerprint density at radius 1 is 1.59 bits per heavy atom. The number of ether oxygens (including phenoxy) is 1. The highest BCUT2D eigenvalue weighted by Crippen LogP contribution is 2.28. The van der Waals surface area contributed by atoms with E-state index in [4.69, 9.17) is 10.5 Å². The van der Waals surface area contributed by atoms with E-state index in [1.165, 1.54) is 0 Å². The predicted molar refractivity (Wildman–Crippen MR) is 74.8 cm³/mol. The van der Waals surface area contributed by atoms with Crippen LogP contribution in [0.4, 0.5) is 5.69 Å². The third kappa shape index (κ3) is 4.93. The van der Waals surface area contributed by atoms with Gasteiger partial charge < -0.3 is 15.8 Å². The van der Waals surface area contributed by atoms with Crippen LogP contribution in [0.15, 0.2) is 22.7 Å². The molecule has 0 radical (unpaired) electrons. The number of anilines is 1. The summed E-state index contributed by atoms with van der Waals surface area (Å²) in [6, 6.07) is 4.88. The van der Waals surface area contributed by atoms with Crippen LogP contribution >= 0.6 is 28.3 Å². The Balaban J connectivity index is 0.00000256. The number of amides is 1. The van der Waals surface area contributed by atoms with E-state index >= 15 is 0 Å². The fraction of sp³-hybridized carbons (Fsp3) is 0.364. The van der Waals surface area contributed by atoms with Crippen LogP contribution in [0.5, 0.6) is 5.75 Å². The minimum absolute atomic E-state index is 0. The average molecular weight is 324 g/mol. The topological polar surface area (TPSA) is 64.3 Å². The maximum absolute atomic E-state index is 11.5. The third-order valence-electron chi connectivity index (χ3n) is 1.91. The molecule has 0 saturated carbocycles. The summed E-state index contributed by atoms with van der Waals surface area (Å²) >= 11 is 3.34. The lowest BCUT2D eigenvalue weighted by Crippen LogP contribution is -2.32. The van der Waals surface area contributed by atoms with Gasteiger partial charge in [0, 0.05) is 4.47 Å². The summed E-state index contributed by atoms with van der Waals surface area (Å²) in [7, 11) is 0. The fourth-order valence-electron chi connectivity index (χ4n) is 1.13. The molecule has 0 unspecified atom stereocenters. The number of benzene rings is 1. The van der Waals surface area contributed by atoms with Gasteiger partial charge in [0.05, 0.1) is 18.3 Å². The summed E-state index contributed by atoms with van der Waals surface area (Å²) in [5.74, 6) is 0.402. The van der Waals surface area contributed by atoms with Crippen molar-refractivity contribution in [3.05, 3.63) is 22.7 Å². The quantitative estimate of drug-likeness (QED) is 0.895. The first kappa shape index (κ1) is 16.2. The zero-order valence-corrected chi connectivity index (χ0v) is 12.1. The van der Waals surface area contributed by atoms with Crippen molar-refractivity contribution in [3.63, 3.8) is 0 Å². The van der Waals surface area contributed by atoms with Gasteiger partial charge in [0.25, 0.3) is 0 Å². The van der Waals surface area contributed by atoms with E-state index in [0.29, 0.717) is 18.0 Å². The molecular weight excluding hydrogens is 307 g/mol. The number of hydrogen-bond donors (Lipinski definition) is 2. The van der Waals surface area contributed by atoms with Gasteiger partial charge in [0.1, 0.15) is 5.75 Å². The van der Waals surface area contributed by atoms with Crippen LogP contribution in [0, 0.1) is 0 Å². The largest absolute Gasteiger partial charge is 0.492 e. The monoisotopic (exact) mass is 322 g/mol. The van der Waals surface area contributed by atoms with E-state index in [9.17, 15) is 4.79 Å². The highest BCUT2D eigenvalue weighted by atomic mass is 79.9.